The van der Waals surface area contributed by atoms with E-state index in [4.69, 9.17) is 17.3 Å². The number of rotatable bonds is 4. The molecule has 0 aliphatic rings. The van der Waals surface area contributed by atoms with E-state index in [-0.39, 0.29) is 18.2 Å². The monoisotopic (exact) mass is 380 g/mol. The van der Waals surface area contributed by atoms with Crippen molar-refractivity contribution in [2.24, 2.45) is 5.73 Å². The number of alkyl halides is 3. The van der Waals surface area contributed by atoms with E-state index in [0.717, 1.165) is 5.69 Å². The second-order valence-electron chi connectivity index (χ2n) is 5.19. The van der Waals surface area contributed by atoms with Gasteiger partial charge in [0.05, 0.1) is 6.04 Å². The molecule has 0 bridgehead atoms. The molecule has 0 aliphatic carbocycles. The predicted octanol–water partition coefficient (Wildman–Crippen LogP) is 4.77. The van der Waals surface area contributed by atoms with E-state index >= 15 is 0 Å². The molecule has 2 rings (SSSR count). The van der Waals surface area contributed by atoms with Gasteiger partial charge >= 0.3 is 6.36 Å². The lowest BCUT2D eigenvalue weighted by Crippen LogP contribution is -2.17. The Bertz CT molecular complexity index is 676. The van der Waals surface area contributed by atoms with Crippen molar-refractivity contribution in [3.05, 3.63) is 58.6 Å². The van der Waals surface area contributed by atoms with Crippen molar-refractivity contribution in [1.82, 2.24) is 0 Å². The highest BCUT2D eigenvalue weighted by molar-refractivity contribution is 6.31. The first-order chi connectivity index (χ1) is 10.7. The van der Waals surface area contributed by atoms with E-state index in [1.54, 1.807) is 6.07 Å². The SMILES string of the molecule is CN(C)c1ccc([C@H](N)c2ccc(OC(F)(F)F)cc2)c(Cl)c1.Cl. The van der Waals surface area contributed by atoms with Crippen LogP contribution in [-0.4, -0.2) is 20.5 Å². The molecule has 0 radical (unpaired) electrons. The maximum absolute atomic E-state index is 12.2. The van der Waals surface area contributed by atoms with Crippen LogP contribution in [-0.2, 0) is 0 Å². The van der Waals surface area contributed by atoms with Crippen LogP contribution in [0.1, 0.15) is 17.2 Å². The maximum Gasteiger partial charge on any atom is 0.573 e. The molecular formula is C16H17Cl2F3N2O. The fourth-order valence-corrected chi connectivity index (χ4v) is 2.40. The molecule has 8 heteroatoms. The minimum atomic E-state index is -4.71. The average molecular weight is 381 g/mol. The lowest BCUT2D eigenvalue weighted by molar-refractivity contribution is -0.274. The van der Waals surface area contributed by atoms with Gasteiger partial charge in [-0.15, -0.1) is 25.6 Å². The van der Waals surface area contributed by atoms with Crippen LogP contribution in [0.4, 0.5) is 18.9 Å². The number of hydrogen-bond donors (Lipinski definition) is 1. The third-order valence-electron chi connectivity index (χ3n) is 3.31. The summed E-state index contributed by atoms with van der Waals surface area (Å²) in [5.41, 5.74) is 8.42. The van der Waals surface area contributed by atoms with Crippen molar-refractivity contribution < 1.29 is 17.9 Å². The van der Waals surface area contributed by atoms with Gasteiger partial charge in [-0.2, -0.15) is 0 Å². The number of ether oxygens (including phenoxy) is 1. The predicted molar refractivity (Wildman–Crippen MR) is 92.2 cm³/mol. The number of halogens is 5. The van der Waals surface area contributed by atoms with Crippen molar-refractivity contribution in [3.8, 4) is 5.75 Å². The summed E-state index contributed by atoms with van der Waals surface area (Å²) >= 11 is 6.26. The summed E-state index contributed by atoms with van der Waals surface area (Å²) in [6, 6.07) is 10.4. The summed E-state index contributed by atoms with van der Waals surface area (Å²) in [5.74, 6) is -0.289. The Balaban J connectivity index is 0.00000288. The summed E-state index contributed by atoms with van der Waals surface area (Å²) in [6.45, 7) is 0. The van der Waals surface area contributed by atoms with E-state index in [2.05, 4.69) is 4.74 Å². The Kier molecular flexibility index (Phi) is 6.77. The molecule has 0 unspecified atom stereocenters. The summed E-state index contributed by atoms with van der Waals surface area (Å²) < 4.78 is 40.3. The van der Waals surface area contributed by atoms with Crippen LogP contribution >= 0.6 is 24.0 Å². The normalized spacial score (nSPS) is 12.3. The first kappa shape index (κ1) is 20.4. The fraction of sp³-hybridized carbons (Fsp3) is 0.250. The third-order valence-corrected chi connectivity index (χ3v) is 3.64. The molecule has 0 amide bonds. The number of nitrogens with two attached hydrogens (primary N) is 1. The van der Waals surface area contributed by atoms with E-state index in [1.165, 1.54) is 24.3 Å². The molecule has 132 valence electrons. The van der Waals surface area contributed by atoms with Gasteiger partial charge in [-0.05, 0) is 35.4 Å². The Labute approximate surface area is 149 Å². The highest BCUT2D eigenvalue weighted by Gasteiger charge is 2.31. The largest absolute Gasteiger partial charge is 0.573 e. The van der Waals surface area contributed by atoms with Gasteiger partial charge in [0.15, 0.2) is 0 Å². The van der Waals surface area contributed by atoms with Crippen LogP contribution in [0.2, 0.25) is 5.02 Å². The molecule has 1 atom stereocenters. The lowest BCUT2D eigenvalue weighted by Gasteiger charge is -2.18. The van der Waals surface area contributed by atoms with Crippen LogP contribution in [0.25, 0.3) is 0 Å². The summed E-state index contributed by atoms with van der Waals surface area (Å²) in [5, 5.41) is 0.499. The zero-order chi connectivity index (χ0) is 17.2. The van der Waals surface area contributed by atoms with Gasteiger partial charge in [-0.3, -0.25) is 0 Å². The molecule has 3 nitrogen and oxygen atoms in total. The summed E-state index contributed by atoms with van der Waals surface area (Å²) in [7, 11) is 3.79. The van der Waals surface area contributed by atoms with Crippen molar-refractivity contribution in [1.29, 1.82) is 0 Å². The summed E-state index contributed by atoms with van der Waals surface area (Å²) in [4.78, 5) is 1.91. The first-order valence-electron chi connectivity index (χ1n) is 6.75. The fourth-order valence-electron chi connectivity index (χ4n) is 2.10. The highest BCUT2D eigenvalue weighted by Crippen LogP contribution is 2.31. The second kappa shape index (κ2) is 7.96. The Morgan fingerprint density at radius 3 is 2.12 bits per heavy atom. The van der Waals surface area contributed by atoms with Crippen LogP contribution in [0.5, 0.6) is 5.75 Å². The smallest absolute Gasteiger partial charge is 0.406 e. The van der Waals surface area contributed by atoms with Crippen LogP contribution in [0.3, 0.4) is 0 Å². The van der Waals surface area contributed by atoms with Crippen molar-refractivity contribution in [2.45, 2.75) is 12.4 Å². The topological polar surface area (TPSA) is 38.5 Å². The molecular weight excluding hydrogens is 364 g/mol. The molecule has 0 saturated carbocycles. The van der Waals surface area contributed by atoms with Crippen molar-refractivity contribution in [3.63, 3.8) is 0 Å². The number of nitrogens with zero attached hydrogens (tertiary/aromatic N) is 1. The molecule has 0 aromatic heterocycles. The molecule has 2 N–H and O–H groups in total. The number of hydrogen-bond acceptors (Lipinski definition) is 3. The second-order valence-corrected chi connectivity index (χ2v) is 5.60. The quantitative estimate of drug-likeness (QED) is 0.829. The first-order valence-corrected chi connectivity index (χ1v) is 7.13. The Morgan fingerprint density at radius 2 is 1.67 bits per heavy atom. The third kappa shape index (κ3) is 5.19. The molecule has 2 aromatic rings. The van der Waals surface area contributed by atoms with Crippen LogP contribution in [0, 0.1) is 0 Å². The van der Waals surface area contributed by atoms with Crippen LogP contribution < -0.4 is 15.4 Å². The molecule has 0 aliphatic heterocycles. The van der Waals surface area contributed by atoms with E-state index in [0.29, 0.717) is 16.1 Å². The minimum absolute atomic E-state index is 0. The van der Waals surface area contributed by atoms with Crippen molar-refractivity contribution in [2.75, 3.05) is 19.0 Å². The molecule has 24 heavy (non-hydrogen) atoms. The molecule has 0 fully saturated rings. The van der Waals surface area contributed by atoms with E-state index in [9.17, 15) is 13.2 Å². The van der Waals surface area contributed by atoms with Gasteiger partial charge in [-0.25, -0.2) is 0 Å². The lowest BCUT2D eigenvalue weighted by atomic mass is 9.99. The highest BCUT2D eigenvalue weighted by atomic mass is 35.5. The van der Waals surface area contributed by atoms with Crippen molar-refractivity contribution >= 4 is 29.7 Å². The van der Waals surface area contributed by atoms with Gasteiger partial charge in [0.25, 0.3) is 0 Å². The molecule has 0 saturated heterocycles. The zero-order valence-corrected chi connectivity index (χ0v) is 14.5. The van der Waals surface area contributed by atoms with E-state index < -0.39 is 12.4 Å². The Hall–Kier alpha value is -1.63. The minimum Gasteiger partial charge on any atom is -0.406 e. The molecule has 0 spiro atoms. The average Bonchev–Trinajstić information content (AvgIpc) is 2.45. The molecule has 0 heterocycles. The maximum atomic E-state index is 12.2. The van der Waals surface area contributed by atoms with Gasteiger partial charge < -0.3 is 15.4 Å². The van der Waals surface area contributed by atoms with Gasteiger partial charge in [-0.1, -0.05) is 29.8 Å². The van der Waals surface area contributed by atoms with E-state index in [1.807, 2.05) is 31.1 Å². The van der Waals surface area contributed by atoms with Gasteiger partial charge in [0.2, 0.25) is 0 Å². The zero-order valence-electron chi connectivity index (χ0n) is 13.0. The standard InChI is InChI=1S/C16H16ClF3N2O.ClH/c1-22(2)11-5-8-13(14(17)9-11)15(21)10-3-6-12(7-4-10)23-16(18,19)20;/h3-9,15H,21H2,1-2H3;1H/t15-;/m1./s1. The van der Waals surface area contributed by atoms with Gasteiger partial charge in [0, 0.05) is 24.8 Å². The molecule has 2 aromatic carbocycles. The van der Waals surface area contributed by atoms with Crippen LogP contribution in [0.15, 0.2) is 42.5 Å². The summed E-state index contributed by atoms with van der Waals surface area (Å²) in [6.07, 6.45) is -4.71. The number of anilines is 1. The number of benzene rings is 2. The van der Waals surface area contributed by atoms with Gasteiger partial charge in [0.1, 0.15) is 5.75 Å². The Morgan fingerprint density at radius 1 is 1.08 bits per heavy atom.